The first-order valence-electron chi connectivity index (χ1n) is 11.2. The Morgan fingerprint density at radius 3 is 2.17 bits per heavy atom. The van der Waals surface area contributed by atoms with Gasteiger partial charge in [0, 0.05) is 5.56 Å². The molecule has 0 saturated heterocycles. The lowest BCUT2D eigenvalue weighted by molar-refractivity contribution is -0.147. The minimum Gasteiger partial charge on any atom is -0.495 e. The van der Waals surface area contributed by atoms with Crippen LogP contribution in [0.15, 0.2) is 72.8 Å². The first kappa shape index (κ1) is 26.0. The molecule has 0 aliphatic rings. The SMILES string of the molecule is COc1ccc(C)cc1NC(=O)CNC(=O)COC(=O)CNC(=O)c1ccc(-c2ccccc2)cc1. The van der Waals surface area contributed by atoms with Gasteiger partial charge in [-0.2, -0.15) is 0 Å². The predicted molar refractivity (Wildman–Crippen MR) is 135 cm³/mol. The molecule has 0 saturated carbocycles. The van der Waals surface area contributed by atoms with Gasteiger partial charge in [0.05, 0.1) is 19.3 Å². The number of hydrogen-bond donors (Lipinski definition) is 3. The summed E-state index contributed by atoms with van der Waals surface area (Å²) in [6, 6.07) is 22.0. The van der Waals surface area contributed by atoms with Crippen molar-refractivity contribution < 1.29 is 28.7 Å². The van der Waals surface area contributed by atoms with Crippen LogP contribution in [0, 0.1) is 6.92 Å². The van der Waals surface area contributed by atoms with E-state index >= 15 is 0 Å². The molecule has 3 rings (SSSR count). The lowest BCUT2D eigenvalue weighted by atomic mass is 10.0. The van der Waals surface area contributed by atoms with Gasteiger partial charge in [-0.15, -0.1) is 0 Å². The Kier molecular flexibility index (Phi) is 9.16. The Hall–Kier alpha value is -4.66. The molecule has 0 aliphatic carbocycles. The summed E-state index contributed by atoms with van der Waals surface area (Å²) in [6.07, 6.45) is 0. The second kappa shape index (κ2) is 12.7. The normalized spacial score (nSPS) is 10.2. The monoisotopic (exact) mass is 489 g/mol. The predicted octanol–water partition coefficient (Wildman–Crippen LogP) is 2.70. The summed E-state index contributed by atoms with van der Waals surface area (Å²) in [5, 5.41) is 7.47. The van der Waals surface area contributed by atoms with Gasteiger partial charge in [-0.05, 0) is 47.9 Å². The average Bonchev–Trinajstić information content (AvgIpc) is 2.90. The molecular weight excluding hydrogens is 462 g/mol. The summed E-state index contributed by atoms with van der Waals surface area (Å²) in [5.74, 6) is -1.86. The van der Waals surface area contributed by atoms with Gasteiger partial charge >= 0.3 is 5.97 Å². The second-order valence-corrected chi connectivity index (χ2v) is 7.82. The van der Waals surface area contributed by atoms with Crippen LogP contribution in [0.25, 0.3) is 11.1 Å². The highest BCUT2D eigenvalue weighted by Gasteiger charge is 2.13. The number of benzene rings is 3. The maximum atomic E-state index is 12.3. The highest BCUT2D eigenvalue weighted by molar-refractivity contribution is 5.97. The molecule has 0 heterocycles. The molecule has 0 aromatic heterocycles. The van der Waals surface area contributed by atoms with Crippen molar-refractivity contribution in [2.24, 2.45) is 0 Å². The zero-order valence-corrected chi connectivity index (χ0v) is 20.0. The molecule has 0 unspecified atom stereocenters. The van der Waals surface area contributed by atoms with Crippen molar-refractivity contribution >= 4 is 29.4 Å². The Morgan fingerprint density at radius 2 is 1.47 bits per heavy atom. The minimum absolute atomic E-state index is 0.316. The molecule has 3 N–H and O–H groups in total. The Labute approximate surface area is 208 Å². The van der Waals surface area contributed by atoms with Crippen molar-refractivity contribution in [3.8, 4) is 16.9 Å². The van der Waals surface area contributed by atoms with E-state index in [-0.39, 0.29) is 6.54 Å². The van der Waals surface area contributed by atoms with E-state index in [9.17, 15) is 19.2 Å². The van der Waals surface area contributed by atoms with Gasteiger partial charge in [-0.1, -0.05) is 48.5 Å². The topological polar surface area (TPSA) is 123 Å². The maximum Gasteiger partial charge on any atom is 0.325 e. The van der Waals surface area contributed by atoms with Crippen LogP contribution in [0.4, 0.5) is 5.69 Å². The zero-order valence-electron chi connectivity index (χ0n) is 20.0. The smallest absolute Gasteiger partial charge is 0.325 e. The van der Waals surface area contributed by atoms with E-state index in [1.807, 2.05) is 55.5 Å². The molecule has 0 atom stereocenters. The van der Waals surface area contributed by atoms with Gasteiger partial charge in [0.15, 0.2) is 6.61 Å². The summed E-state index contributed by atoms with van der Waals surface area (Å²) in [7, 11) is 1.49. The number of carbonyl (C=O) groups is 4. The number of anilines is 1. The van der Waals surface area contributed by atoms with Gasteiger partial charge < -0.3 is 25.4 Å². The van der Waals surface area contributed by atoms with Gasteiger partial charge in [0.1, 0.15) is 12.3 Å². The van der Waals surface area contributed by atoms with E-state index in [2.05, 4.69) is 16.0 Å². The number of methoxy groups -OCH3 is 1. The molecule has 9 nitrogen and oxygen atoms in total. The van der Waals surface area contributed by atoms with Crippen LogP contribution < -0.4 is 20.7 Å². The molecule has 3 amide bonds. The fourth-order valence-electron chi connectivity index (χ4n) is 3.24. The molecule has 0 spiro atoms. The number of aryl methyl sites for hydroxylation is 1. The van der Waals surface area contributed by atoms with Gasteiger partial charge in [-0.25, -0.2) is 0 Å². The molecule has 0 aliphatic heterocycles. The summed E-state index contributed by atoms with van der Waals surface area (Å²) < 4.78 is 10.0. The number of hydrogen-bond acceptors (Lipinski definition) is 6. The van der Waals surface area contributed by atoms with E-state index in [0.717, 1.165) is 16.7 Å². The summed E-state index contributed by atoms with van der Waals surface area (Å²) in [5.41, 5.74) is 3.78. The van der Waals surface area contributed by atoms with Gasteiger partial charge in [0.25, 0.3) is 11.8 Å². The molecule has 9 heteroatoms. The zero-order chi connectivity index (χ0) is 25.9. The average molecular weight is 490 g/mol. The van der Waals surface area contributed by atoms with Gasteiger partial charge in [0.2, 0.25) is 5.91 Å². The number of ether oxygens (including phenoxy) is 2. The number of nitrogens with one attached hydrogen (secondary N) is 3. The number of esters is 1. The first-order valence-corrected chi connectivity index (χ1v) is 11.2. The van der Waals surface area contributed by atoms with E-state index < -0.39 is 36.8 Å². The van der Waals surface area contributed by atoms with Crippen molar-refractivity contribution in [1.82, 2.24) is 10.6 Å². The van der Waals surface area contributed by atoms with E-state index in [4.69, 9.17) is 9.47 Å². The molecule has 36 heavy (non-hydrogen) atoms. The number of carbonyl (C=O) groups excluding carboxylic acids is 4. The van der Waals surface area contributed by atoms with Crippen LogP contribution in [-0.4, -0.2) is 50.5 Å². The lowest BCUT2D eigenvalue weighted by Crippen LogP contribution is -2.37. The van der Waals surface area contributed by atoms with E-state index in [1.165, 1.54) is 7.11 Å². The first-order chi connectivity index (χ1) is 17.4. The van der Waals surface area contributed by atoms with Crippen LogP contribution in [-0.2, 0) is 19.1 Å². The molecule has 3 aromatic carbocycles. The Morgan fingerprint density at radius 1 is 0.778 bits per heavy atom. The third-order valence-corrected chi connectivity index (χ3v) is 5.09. The van der Waals surface area contributed by atoms with Crippen molar-refractivity contribution in [2.75, 3.05) is 32.1 Å². The second-order valence-electron chi connectivity index (χ2n) is 7.82. The molecule has 186 valence electrons. The van der Waals surface area contributed by atoms with Crippen LogP contribution in [0.1, 0.15) is 15.9 Å². The molecular formula is C27H27N3O6. The largest absolute Gasteiger partial charge is 0.495 e. The lowest BCUT2D eigenvalue weighted by Gasteiger charge is -2.11. The standard InChI is InChI=1S/C27H27N3O6/c1-18-8-13-23(35-2)22(14-18)30-24(31)15-28-25(32)17-36-26(33)16-29-27(34)21-11-9-20(10-12-21)19-6-4-3-5-7-19/h3-14H,15-17H2,1-2H3,(H,28,32)(H,29,34)(H,30,31). The third-order valence-electron chi connectivity index (χ3n) is 5.09. The van der Waals surface area contributed by atoms with Crippen LogP contribution in [0.5, 0.6) is 5.75 Å². The van der Waals surface area contributed by atoms with Crippen LogP contribution in [0.3, 0.4) is 0 Å². The van der Waals surface area contributed by atoms with E-state index in [0.29, 0.717) is 17.0 Å². The van der Waals surface area contributed by atoms with Crippen LogP contribution >= 0.6 is 0 Å². The summed E-state index contributed by atoms with van der Waals surface area (Å²) >= 11 is 0. The fourth-order valence-corrected chi connectivity index (χ4v) is 3.24. The molecule has 0 radical (unpaired) electrons. The van der Waals surface area contributed by atoms with E-state index in [1.54, 1.807) is 24.3 Å². The highest BCUT2D eigenvalue weighted by Crippen LogP contribution is 2.25. The number of rotatable bonds is 10. The Bertz CT molecular complexity index is 1230. The molecule has 0 bridgehead atoms. The quantitative estimate of drug-likeness (QED) is 0.377. The number of amides is 3. The van der Waals surface area contributed by atoms with Crippen molar-refractivity contribution in [1.29, 1.82) is 0 Å². The van der Waals surface area contributed by atoms with Gasteiger partial charge in [-0.3, -0.25) is 19.2 Å². The fraction of sp³-hybridized carbons (Fsp3) is 0.185. The highest BCUT2D eigenvalue weighted by atomic mass is 16.5. The maximum absolute atomic E-state index is 12.3. The molecule has 3 aromatic rings. The van der Waals surface area contributed by atoms with Crippen molar-refractivity contribution in [3.05, 3.63) is 83.9 Å². The third kappa shape index (κ3) is 7.69. The van der Waals surface area contributed by atoms with Crippen molar-refractivity contribution in [2.45, 2.75) is 6.92 Å². The summed E-state index contributed by atoms with van der Waals surface area (Å²) in [4.78, 5) is 48.2. The Balaban J connectivity index is 1.36. The molecule has 0 fully saturated rings. The van der Waals surface area contributed by atoms with Crippen molar-refractivity contribution in [3.63, 3.8) is 0 Å². The minimum atomic E-state index is -0.784. The van der Waals surface area contributed by atoms with Crippen LogP contribution in [0.2, 0.25) is 0 Å². The summed E-state index contributed by atoms with van der Waals surface area (Å²) in [6.45, 7) is 0.570.